The Hall–Kier alpha value is -5.06. The van der Waals surface area contributed by atoms with Crippen LogP contribution in [0.15, 0.2) is 65.6 Å². The molecule has 1 fully saturated rings. The molecule has 4 N–H and O–H groups in total. The van der Waals surface area contributed by atoms with Crippen LogP contribution in [0.5, 0.6) is 5.75 Å². The van der Waals surface area contributed by atoms with Crippen LogP contribution >= 0.6 is 0 Å². The Morgan fingerprint density at radius 3 is 2.63 bits per heavy atom. The highest BCUT2D eigenvalue weighted by Crippen LogP contribution is 2.36. The first kappa shape index (κ1) is 28.1. The predicted molar refractivity (Wildman–Crippen MR) is 160 cm³/mol. The van der Waals surface area contributed by atoms with Crippen LogP contribution in [0.1, 0.15) is 54.1 Å². The smallest absolute Gasteiger partial charge is 0.341 e. The number of ether oxygens (including phenoxy) is 1. The third-order valence-electron chi connectivity index (χ3n) is 8.15. The number of carboxylic acids is 1. The number of primary amides is 1. The molecule has 11 nitrogen and oxygen atoms in total. The third kappa shape index (κ3) is 5.70. The summed E-state index contributed by atoms with van der Waals surface area (Å²) in [7, 11) is 1.86. The number of carbonyl (C=O) groups excluding carboxylic acids is 2. The van der Waals surface area contributed by atoms with Crippen LogP contribution < -0.4 is 15.8 Å². The Morgan fingerprint density at radius 1 is 1.12 bits per heavy atom. The number of furan rings is 1. The van der Waals surface area contributed by atoms with Gasteiger partial charge in [0.15, 0.2) is 6.61 Å². The number of hydrogen-bond acceptors (Lipinski definition) is 6. The molecule has 1 atom stereocenters. The summed E-state index contributed by atoms with van der Waals surface area (Å²) in [5.41, 5.74) is 10.3. The second kappa shape index (κ2) is 11.7. The van der Waals surface area contributed by atoms with Crippen LogP contribution in [-0.2, 0) is 23.1 Å². The highest BCUT2D eigenvalue weighted by molar-refractivity contribution is 6.00. The fourth-order valence-corrected chi connectivity index (χ4v) is 6.08. The first-order chi connectivity index (χ1) is 20.8. The van der Waals surface area contributed by atoms with Crippen molar-refractivity contribution >= 4 is 39.7 Å². The lowest BCUT2D eigenvalue weighted by atomic mass is 9.95. The van der Waals surface area contributed by atoms with E-state index in [-0.39, 0.29) is 6.42 Å². The van der Waals surface area contributed by atoms with E-state index in [1.807, 2.05) is 36.0 Å². The average molecular weight is 584 g/mol. The maximum atomic E-state index is 13.4. The molecule has 1 aliphatic rings. The van der Waals surface area contributed by atoms with Gasteiger partial charge in [-0.05, 0) is 60.9 Å². The number of hydrogen-bond donors (Lipinski definition) is 3. The molecule has 6 rings (SSSR count). The minimum absolute atomic E-state index is 0.143. The molecule has 0 saturated heterocycles. The van der Waals surface area contributed by atoms with Crippen LogP contribution in [-0.4, -0.2) is 49.7 Å². The molecule has 0 radical (unpaired) electrons. The summed E-state index contributed by atoms with van der Waals surface area (Å²) in [5.74, 6) is -0.993. The zero-order valence-electron chi connectivity index (χ0n) is 23.8. The minimum atomic E-state index is -1.08. The van der Waals surface area contributed by atoms with E-state index in [0.717, 1.165) is 59.1 Å². The Labute approximate surface area is 247 Å². The first-order valence-corrected chi connectivity index (χ1v) is 14.4. The number of fused-ring (bicyclic) bond motifs is 2. The Bertz CT molecular complexity index is 1810. The lowest BCUT2D eigenvalue weighted by Crippen LogP contribution is -2.45. The summed E-state index contributed by atoms with van der Waals surface area (Å²) in [4.78, 5) is 41.8. The Balaban J connectivity index is 1.27. The molecule has 2 amide bonds. The maximum Gasteiger partial charge on any atom is 0.341 e. The van der Waals surface area contributed by atoms with Crippen LogP contribution in [0.3, 0.4) is 0 Å². The monoisotopic (exact) mass is 583 g/mol. The van der Waals surface area contributed by atoms with Crippen LogP contribution in [0.4, 0.5) is 0 Å². The molecule has 0 bridgehead atoms. The fraction of sp³-hybridized carbons (Fsp3) is 0.312. The first-order valence-electron chi connectivity index (χ1n) is 14.4. The van der Waals surface area contributed by atoms with Gasteiger partial charge in [-0.25, -0.2) is 9.78 Å². The zero-order valence-corrected chi connectivity index (χ0v) is 23.8. The molecule has 1 saturated carbocycles. The van der Waals surface area contributed by atoms with Crippen molar-refractivity contribution in [2.45, 2.75) is 50.6 Å². The number of nitrogens with zero attached hydrogens (tertiary/aromatic N) is 3. The van der Waals surface area contributed by atoms with Crippen molar-refractivity contribution in [1.82, 2.24) is 19.4 Å². The molecule has 0 spiro atoms. The lowest BCUT2D eigenvalue weighted by molar-refractivity contribution is -0.139. The van der Waals surface area contributed by atoms with Crippen molar-refractivity contribution < 1.29 is 28.6 Å². The zero-order chi connectivity index (χ0) is 30.1. The molecule has 3 aromatic heterocycles. The average Bonchev–Trinajstić information content (AvgIpc) is 3.73. The number of rotatable bonds is 10. The lowest BCUT2D eigenvalue weighted by Gasteiger charge is -2.25. The highest BCUT2D eigenvalue weighted by Gasteiger charge is 2.25. The fourth-order valence-electron chi connectivity index (χ4n) is 6.08. The topological polar surface area (TPSA) is 155 Å². The molecule has 0 unspecified atom stereocenters. The van der Waals surface area contributed by atoms with Crippen LogP contribution in [0, 0.1) is 0 Å². The van der Waals surface area contributed by atoms with Gasteiger partial charge in [0.05, 0.1) is 22.9 Å². The normalized spacial score (nSPS) is 14.6. The van der Waals surface area contributed by atoms with Crippen molar-refractivity contribution in [3.05, 3.63) is 72.3 Å². The molecule has 43 heavy (non-hydrogen) atoms. The molecule has 1 aliphatic carbocycles. The summed E-state index contributed by atoms with van der Waals surface area (Å²) in [6.45, 7) is -0.472. The number of nitrogens with two attached hydrogens (primary N) is 1. The van der Waals surface area contributed by atoms with E-state index in [4.69, 9.17) is 25.0 Å². The van der Waals surface area contributed by atoms with E-state index in [9.17, 15) is 14.4 Å². The molecule has 11 heteroatoms. The minimum Gasteiger partial charge on any atom is -0.482 e. The number of amides is 2. The van der Waals surface area contributed by atoms with Gasteiger partial charge in [-0.2, -0.15) is 0 Å². The third-order valence-corrected chi connectivity index (χ3v) is 8.15. The quantitative estimate of drug-likeness (QED) is 0.217. The van der Waals surface area contributed by atoms with Gasteiger partial charge >= 0.3 is 5.97 Å². The summed E-state index contributed by atoms with van der Waals surface area (Å²) in [6, 6.07) is 11.9. The SMILES string of the molecule is Cn1cc(C[C@H](NC(=O)c2ccc3c(c2)nc(-c2ccoc2)n3C2CCCCC2)C(N)=O)c2cc(OCC(=O)O)ccc21. The predicted octanol–water partition coefficient (Wildman–Crippen LogP) is 4.58. The van der Waals surface area contributed by atoms with Crippen molar-refractivity contribution in [3.63, 3.8) is 0 Å². The van der Waals surface area contributed by atoms with Gasteiger partial charge in [0, 0.05) is 42.2 Å². The number of nitrogens with one attached hydrogen (secondary N) is 1. The van der Waals surface area contributed by atoms with E-state index in [1.165, 1.54) is 6.42 Å². The summed E-state index contributed by atoms with van der Waals surface area (Å²) >= 11 is 0. The molecule has 3 heterocycles. The largest absolute Gasteiger partial charge is 0.482 e. The number of aromatic nitrogens is 3. The summed E-state index contributed by atoms with van der Waals surface area (Å²) in [6.07, 6.45) is 11.0. The molecule has 222 valence electrons. The standard InChI is InChI=1S/C32H33N5O6/c1-36-16-21(24-15-23(8-10-27(24)36)43-18-29(38)39)14-26(30(33)40)35-32(41)19-7-9-28-25(13-19)34-31(20-11-12-42-17-20)37(28)22-5-3-2-4-6-22/h7-13,15-17,22,26H,2-6,14,18H2,1H3,(H2,33,40)(H,35,41)(H,38,39)/t26-/m0/s1. The maximum absolute atomic E-state index is 13.4. The summed E-state index contributed by atoms with van der Waals surface area (Å²) < 4.78 is 14.8. The second-order valence-corrected chi connectivity index (χ2v) is 11.1. The van der Waals surface area contributed by atoms with Gasteiger partial charge in [0.2, 0.25) is 5.91 Å². The Kier molecular flexibility index (Phi) is 7.62. The van der Waals surface area contributed by atoms with E-state index < -0.39 is 30.4 Å². The molecule has 0 aliphatic heterocycles. The highest BCUT2D eigenvalue weighted by atomic mass is 16.5. The van der Waals surface area contributed by atoms with Crippen molar-refractivity contribution in [3.8, 4) is 17.1 Å². The number of carboxylic acid groups (broad SMARTS) is 1. The van der Waals surface area contributed by atoms with Gasteiger partial charge in [-0.1, -0.05) is 19.3 Å². The van der Waals surface area contributed by atoms with E-state index in [2.05, 4.69) is 9.88 Å². The number of carbonyl (C=O) groups is 3. The second-order valence-electron chi connectivity index (χ2n) is 11.1. The van der Waals surface area contributed by atoms with Crippen molar-refractivity contribution in [2.75, 3.05) is 6.61 Å². The van der Waals surface area contributed by atoms with E-state index in [0.29, 0.717) is 22.9 Å². The number of benzene rings is 2. The number of aryl methyl sites for hydroxylation is 1. The molecule has 2 aromatic carbocycles. The van der Waals surface area contributed by atoms with Crippen molar-refractivity contribution in [1.29, 1.82) is 0 Å². The van der Waals surface area contributed by atoms with Crippen LogP contribution in [0.2, 0.25) is 0 Å². The van der Waals surface area contributed by atoms with Gasteiger partial charge in [-0.3, -0.25) is 9.59 Å². The van der Waals surface area contributed by atoms with Crippen molar-refractivity contribution in [2.24, 2.45) is 12.8 Å². The number of imidazole rings is 1. The summed E-state index contributed by atoms with van der Waals surface area (Å²) in [5, 5.41) is 12.5. The van der Waals surface area contributed by atoms with Gasteiger partial charge in [-0.15, -0.1) is 0 Å². The van der Waals surface area contributed by atoms with Crippen LogP contribution in [0.25, 0.3) is 33.3 Å². The van der Waals surface area contributed by atoms with Gasteiger partial charge < -0.3 is 34.4 Å². The molecular weight excluding hydrogens is 550 g/mol. The molecular formula is C32H33N5O6. The van der Waals surface area contributed by atoms with E-state index in [1.54, 1.807) is 36.8 Å². The van der Waals surface area contributed by atoms with E-state index >= 15 is 0 Å². The number of aliphatic carboxylic acids is 1. The molecule has 5 aromatic rings. The van der Waals surface area contributed by atoms with Gasteiger partial charge in [0.1, 0.15) is 23.9 Å². The van der Waals surface area contributed by atoms with Gasteiger partial charge in [0.25, 0.3) is 5.91 Å². The Morgan fingerprint density at radius 2 is 1.91 bits per heavy atom.